The average molecular weight is 299 g/mol. The second-order valence-electron chi connectivity index (χ2n) is 5.42. The van der Waals surface area contributed by atoms with Crippen molar-refractivity contribution in [2.24, 2.45) is 0 Å². The van der Waals surface area contributed by atoms with Crippen molar-refractivity contribution in [1.29, 1.82) is 0 Å². The highest BCUT2D eigenvalue weighted by molar-refractivity contribution is 8.00. The van der Waals surface area contributed by atoms with E-state index in [1.165, 1.54) is 22.4 Å². The van der Waals surface area contributed by atoms with Crippen molar-refractivity contribution in [2.75, 3.05) is 19.7 Å². The minimum atomic E-state index is 0.654. The van der Waals surface area contributed by atoms with E-state index in [4.69, 9.17) is 4.74 Å². The highest BCUT2D eigenvalue weighted by Gasteiger charge is 2.20. The number of benzene rings is 2. The summed E-state index contributed by atoms with van der Waals surface area (Å²) in [5, 5.41) is 4.16. The van der Waals surface area contributed by atoms with E-state index < -0.39 is 0 Å². The summed E-state index contributed by atoms with van der Waals surface area (Å²) in [5.41, 5.74) is 2.73. The first-order valence-electron chi connectivity index (χ1n) is 7.46. The minimum Gasteiger partial charge on any atom is -0.492 e. The molecule has 0 fully saturated rings. The normalized spacial score (nSPS) is 16.7. The fraction of sp³-hybridized carbons (Fsp3) is 0.333. The molecule has 21 heavy (non-hydrogen) atoms. The lowest BCUT2D eigenvalue weighted by Crippen LogP contribution is -2.28. The minimum absolute atomic E-state index is 0.654. The molecular formula is C18H21NOS. The van der Waals surface area contributed by atoms with E-state index >= 15 is 0 Å². The molecule has 0 radical (unpaired) electrons. The van der Waals surface area contributed by atoms with E-state index in [1.54, 1.807) is 0 Å². The van der Waals surface area contributed by atoms with E-state index in [1.807, 2.05) is 23.9 Å². The third kappa shape index (κ3) is 4.02. The van der Waals surface area contributed by atoms with Crippen LogP contribution in [0.2, 0.25) is 0 Å². The van der Waals surface area contributed by atoms with Gasteiger partial charge in [-0.1, -0.05) is 30.3 Å². The Hall–Kier alpha value is -1.45. The summed E-state index contributed by atoms with van der Waals surface area (Å²) in [6.07, 6.45) is 1.17. The summed E-state index contributed by atoms with van der Waals surface area (Å²) in [6.45, 7) is 4.73. The van der Waals surface area contributed by atoms with Crippen LogP contribution in [0.3, 0.4) is 0 Å². The number of hydrogen-bond acceptors (Lipinski definition) is 3. The van der Waals surface area contributed by atoms with Crippen molar-refractivity contribution in [3.63, 3.8) is 0 Å². The molecule has 0 aromatic heterocycles. The van der Waals surface area contributed by atoms with E-state index in [9.17, 15) is 0 Å². The number of rotatable bonds is 6. The Kier molecular flexibility index (Phi) is 4.84. The monoisotopic (exact) mass is 299 g/mol. The molecule has 1 aliphatic heterocycles. The van der Waals surface area contributed by atoms with Gasteiger partial charge >= 0.3 is 0 Å². The molecule has 1 heterocycles. The second-order valence-corrected chi connectivity index (χ2v) is 6.76. The van der Waals surface area contributed by atoms with Gasteiger partial charge in [0.15, 0.2) is 0 Å². The summed E-state index contributed by atoms with van der Waals surface area (Å²) >= 11 is 1.99. The largest absolute Gasteiger partial charge is 0.492 e. The highest BCUT2D eigenvalue weighted by atomic mass is 32.2. The molecule has 0 saturated heterocycles. The molecule has 0 spiro atoms. The fourth-order valence-electron chi connectivity index (χ4n) is 2.58. The van der Waals surface area contributed by atoms with Crippen LogP contribution in [-0.4, -0.2) is 24.9 Å². The molecule has 0 bridgehead atoms. The summed E-state index contributed by atoms with van der Waals surface area (Å²) in [6, 6.07) is 16.9. The van der Waals surface area contributed by atoms with Crippen LogP contribution >= 0.6 is 11.8 Å². The van der Waals surface area contributed by atoms with Crippen molar-refractivity contribution < 1.29 is 4.74 Å². The van der Waals surface area contributed by atoms with Crippen molar-refractivity contribution in [3.8, 4) is 5.75 Å². The van der Waals surface area contributed by atoms with Crippen molar-refractivity contribution in [3.05, 3.63) is 59.7 Å². The van der Waals surface area contributed by atoms with E-state index in [0.29, 0.717) is 11.9 Å². The van der Waals surface area contributed by atoms with Crippen LogP contribution in [0, 0.1) is 6.92 Å². The topological polar surface area (TPSA) is 21.3 Å². The quantitative estimate of drug-likeness (QED) is 0.822. The lowest BCUT2D eigenvalue weighted by molar-refractivity contribution is 0.314. The fourth-order valence-corrected chi connectivity index (χ4v) is 3.86. The van der Waals surface area contributed by atoms with E-state index in [0.717, 1.165) is 18.8 Å². The third-order valence-corrected chi connectivity index (χ3v) is 4.94. The number of aryl methyl sites for hydroxylation is 1. The lowest BCUT2D eigenvalue weighted by atomic mass is 10.1. The predicted molar refractivity (Wildman–Crippen MR) is 89.3 cm³/mol. The van der Waals surface area contributed by atoms with Crippen LogP contribution in [0.4, 0.5) is 0 Å². The molecule has 110 valence electrons. The Morgan fingerprint density at radius 3 is 2.95 bits per heavy atom. The Morgan fingerprint density at radius 2 is 2.10 bits per heavy atom. The first-order chi connectivity index (χ1) is 10.3. The van der Waals surface area contributed by atoms with Crippen LogP contribution in [0.25, 0.3) is 0 Å². The molecule has 0 aliphatic carbocycles. The van der Waals surface area contributed by atoms with Crippen molar-refractivity contribution >= 4 is 11.8 Å². The van der Waals surface area contributed by atoms with Crippen LogP contribution < -0.4 is 10.1 Å². The van der Waals surface area contributed by atoms with Crippen molar-refractivity contribution in [2.45, 2.75) is 23.5 Å². The SMILES string of the molecule is Cc1cccc(OCCNCC2Cc3ccccc3S2)c1. The first-order valence-corrected chi connectivity index (χ1v) is 8.34. The van der Waals surface area contributed by atoms with Gasteiger partial charge in [0.05, 0.1) is 0 Å². The van der Waals surface area contributed by atoms with Gasteiger partial charge in [0, 0.05) is 23.2 Å². The van der Waals surface area contributed by atoms with Crippen LogP contribution in [0.1, 0.15) is 11.1 Å². The second kappa shape index (κ2) is 7.01. The zero-order valence-electron chi connectivity index (χ0n) is 12.3. The molecule has 1 atom stereocenters. The maximum absolute atomic E-state index is 5.74. The Labute approximate surface area is 130 Å². The molecule has 2 nitrogen and oxygen atoms in total. The first kappa shape index (κ1) is 14.5. The molecule has 3 rings (SSSR count). The zero-order valence-corrected chi connectivity index (χ0v) is 13.2. The molecule has 0 amide bonds. The van der Waals surface area contributed by atoms with Crippen molar-refractivity contribution in [1.82, 2.24) is 5.32 Å². The van der Waals surface area contributed by atoms with E-state index in [2.05, 4.69) is 48.6 Å². The number of ether oxygens (including phenoxy) is 1. The third-order valence-electron chi connectivity index (χ3n) is 3.62. The van der Waals surface area contributed by atoms with Gasteiger partial charge in [0.25, 0.3) is 0 Å². The molecule has 1 N–H and O–H groups in total. The molecule has 2 aromatic carbocycles. The highest BCUT2D eigenvalue weighted by Crippen LogP contribution is 2.36. The predicted octanol–water partition coefficient (Wildman–Crippen LogP) is 3.68. The average Bonchev–Trinajstić information content (AvgIpc) is 2.89. The molecule has 3 heteroatoms. The van der Waals surface area contributed by atoms with Gasteiger partial charge < -0.3 is 10.1 Å². The van der Waals surface area contributed by atoms with Crippen LogP contribution in [0.5, 0.6) is 5.75 Å². The maximum Gasteiger partial charge on any atom is 0.119 e. The maximum atomic E-state index is 5.74. The molecule has 2 aromatic rings. The van der Waals surface area contributed by atoms with Gasteiger partial charge in [0.1, 0.15) is 12.4 Å². The van der Waals surface area contributed by atoms with E-state index in [-0.39, 0.29) is 0 Å². The van der Waals surface area contributed by atoms with Gasteiger partial charge in [-0.25, -0.2) is 0 Å². The Balaban J connectivity index is 1.35. The number of thioether (sulfide) groups is 1. The number of hydrogen-bond donors (Lipinski definition) is 1. The van der Waals surface area contributed by atoms with Gasteiger partial charge in [-0.05, 0) is 42.7 Å². The summed E-state index contributed by atoms with van der Waals surface area (Å²) < 4.78 is 5.74. The van der Waals surface area contributed by atoms with Gasteiger partial charge in [0.2, 0.25) is 0 Å². The summed E-state index contributed by atoms with van der Waals surface area (Å²) in [5.74, 6) is 0.958. The molecule has 0 saturated carbocycles. The lowest BCUT2D eigenvalue weighted by Gasteiger charge is -2.11. The Morgan fingerprint density at radius 1 is 1.19 bits per heavy atom. The number of fused-ring (bicyclic) bond motifs is 1. The molecule has 1 aliphatic rings. The molecule has 1 unspecified atom stereocenters. The smallest absolute Gasteiger partial charge is 0.119 e. The number of nitrogens with one attached hydrogen (secondary N) is 1. The molecular weight excluding hydrogens is 278 g/mol. The van der Waals surface area contributed by atoms with Gasteiger partial charge in [-0.2, -0.15) is 0 Å². The van der Waals surface area contributed by atoms with Gasteiger partial charge in [-0.15, -0.1) is 11.8 Å². The van der Waals surface area contributed by atoms with Crippen LogP contribution in [0.15, 0.2) is 53.4 Å². The zero-order chi connectivity index (χ0) is 14.5. The summed E-state index contributed by atoms with van der Waals surface area (Å²) in [4.78, 5) is 1.44. The van der Waals surface area contributed by atoms with Gasteiger partial charge in [-0.3, -0.25) is 0 Å². The standard InChI is InChI=1S/C18H21NOS/c1-14-5-4-7-16(11-14)20-10-9-19-13-17-12-15-6-2-3-8-18(15)21-17/h2-8,11,17,19H,9-10,12-13H2,1H3. The van der Waals surface area contributed by atoms with Crippen LogP contribution in [-0.2, 0) is 6.42 Å². The summed E-state index contributed by atoms with van der Waals surface area (Å²) in [7, 11) is 0. The Bertz CT molecular complexity index is 574.